The lowest BCUT2D eigenvalue weighted by Gasteiger charge is -2.07. The smallest absolute Gasteiger partial charge is 0.232 e. The third-order valence-electron chi connectivity index (χ3n) is 1.88. The molecule has 82 valence electrons. The lowest BCUT2D eigenvalue weighted by atomic mass is 10.1. The molecule has 0 fully saturated rings. The number of para-hydroxylation sites is 1. The molecule has 0 spiro atoms. The van der Waals surface area contributed by atoms with Crippen LogP contribution in [0.15, 0.2) is 23.2 Å². The molecule has 1 aromatic rings. The van der Waals surface area contributed by atoms with Crippen LogP contribution >= 0.6 is 11.6 Å². The predicted molar refractivity (Wildman–Crippen MR) is 54.9 cm³/mol. The summed E-state index contributed by atoms with van der Waals surface area (Å²) in [6.07, 6.45) is -4.59. The zero-order valence-corrected chi connectivity index (χ0v) is 8.95. The van der Waals surface area contributed by atoms with Gasteiger partial charge in [-0.25, -0.2) is 4.99 Å². The van der Waals surface area contributed by atoms with Gasteiger partial charge in [-0.15, -0.1) is 0 Å². The van der Waals surface area contributed by atoms with E-state index in [9.17, 15) is 13.2 Å². The predicted octanol–water partition coefficient (Wildman–Crippen LogP) is 4.13. The van der Waals surface area contributed by atoms with Crippen molar-refractivity contribution in [2.24, 2.45) is 4.99 Å². The molecule has 1 aromatic carbocycles. The van der Waals surface area contributed by atoms with Crippen molar-refractivity contribution in [1.82, 2.24) is 0 Å². The molecule has 0 aliphatic rings. The maximum Gasteiger partial charge on any atom is 0.444 e. The molecular weight excluding hydrogens is 227 g/mol. The summed E-state index contributed by atoms with van der Waals surface area (Å²) in [6, 6.07) is 5.13. The van der Waals surface area contributed by atoms with Crippen LogP contribution in [-0.4, -0.2) is 11.3 Å². The van der Waals surface area contributed by atoms with Crippen LogP contribution in [0.1, 0.15) is 11.1 Å². The lowest BCUT2D eigenvalue weighted by Crippen LogP contribution is -2.16. The summed E-state index contributed by atoms with van der Waals surface area (Å²) in [5.41, 5.74) is 1.61. The van der Waals surface area contributed by atoms with Gasteiger partial charge in [-0.3, -0.25) is 0 Å². The summed E-state index contributed by atoms with van der Waals surface area (Å²) < 4.78 is 36.4. The monoisotopic (exact) mass is 235 g/mol. The Kier molecular flexibility index (Phi) is 3.39. The number of hydrogen-bond donors (Lipinski definition) is 0. The number of alkyl halides is 3. The average molecular weight is 236 g/mol. The standard InChI is InChI=1S/C10H9ClF3N/c1-6-4-3-5-7(2)8(6)15-9(11)10(12,13)14/h3-5H,1-2H3. The molecule has 0 unspecified atom stereocenters. The van der Waals surface area contributed by atoms with Gasteiger partial charge >= 0.3 is 6.18 Å². The van der Waals surface area contributed by atoms with Gasteiger partial charge < -0.3 is 0 Å². The molecule has 0 aliphatic heterocycles. The topological polar surface area (TPSA) is 12.4 Å². The van der Waals surface area contributed by atoms with Crippen LogP contribution in [-0.2, 0) is 0 Å². The fraction of sp³-hybridized carbons (Fsp3) is 0.300. The summed E-state index contributed by atoms with van der Waals surface area (Å²) in [6.45, 7) is 3.37. The second kappa shape index (κ2) is 4.23. The van der Waals surface area contributed by atoms with Crippen LogP contribution in [0.25, 0.3) is 0 Å². The summed E-state index contributed by atoms with van der Waals surface area (Å²) in [7, 11) is 0. The van der Waals surface area contributed by atoms with Crippen molar-refractivity contribution >= 4 is 22.5 Å². The molecular formula is C10H9ClF3N. The SMILES string of the molecule is Cc1cccc(C)c1N=C(Cl)C(F)(F)F. The lowest BCUT2D eigenvalue weighted by molar-refractivity contribution is -0.0558. The van der Waals surface area contributed by atoms with E-state index in [0.717, 1.165) is 0 Å². The van der Waals surface area contributed by atoms with E-state index in [1.54, 1.807) is 32.0 Å². The first kappa shape index (κ1) is 12.0. The van der Waals surface area contributed by atoms with Crippen LogP contribution in [0.5, 0.6) is 0 Å². The first-order chi connectivity index (χ1) is 6.82. The van der Waals surface area contributed by atoms with E-state index >= 15 is 0 Å². The molecule has 0 aliphatic carbocycles. The van der Waals surface area contributed by atoms with E-state index in [4.69, 9.17) is 11.6 Å². The van der Waals surface area contributed by atoms with Gasteiger partial charge in [0.15, 0.2) is 0 Å². The van der Waals surface area contributed by atoms with Gasteiger partial charge in [0.05, 0.1) is 5.69 Å². The number of halogens is 4. The van der Waals surface area contributed by atoms with E-state index in [1.165, 1.54) is 0 Å². The van der Waals surface area contributed by atoms with E-state index in [0.29, 0.717) is 11.1 Å². The Morgan fingerprint density at radius 2 is 1.67 bits per heavy atom. The number of nitrogens with zero attached hydrogens (tertiary/aromatic N) is 1. The minimum atomic E-state index is -4.59. The third-order valence-corrected chi connectivity index (χ3v) is 2.18. The minimum Gasteiger partial charge on any atom is -0.232 e. The normalized spacial score (nSPS) is 13.1. The molecule has 0 radical (unpaired) electrons. The summed E-state index contributed by atoms with van der Waals surface area (Å²) in [4.78, 5) is 3.39. The number of benzene rings is 1. The van der Waals surface area contributed by atoms with Crippen molar-refractivity contribution in [3.8, 4) is 0 Å². The minimum absolute atomic E-state index is 0.278. The Hall–Kier alpha value is -1.03. The molecule has 0 bridgehead atoms. The van der Waals surface area contributed by atoms with E-state index < -0.39 is 11.3 Å². The number of aryl methyl sites for hydroxylation is 2. The molecule has 0 amide bonds. The zero-order chi connectivity index (χ0) is 11.6. The Balaban J connectivity index is 3.19. The Morgan fingerprint density at radius 3 is 2.07 bits per heavy atom. The molecule has 0 saturated carbocycles. The highest BCUT2D eigenvalue weighted by atomic mass is 35.5. The van der Waals surface area contributed by atoms with E-state index in [-0.39, 0.29) is 5.69 Å². The average Bonchev–Trinajstić information content (AvgIpc) is 2.09. The maximum atomic E-state index is 12.1. The second-order valence-corrected chi connectivity index (χ2v) is 3.50. The van der Waals surface area contributed by atoms with Gasteiger partial charge in [0.1, 0.15) is 0 Å². The van der Waals surface area contributed by atoms with Gasteiger partial charge in [-0.1, -0.05) is 29.8 Å². The summed E-state index contributed by atoms with van der Waals surface area (Å²) >= 11 is 5.06. The highest BCUT2D eigenvalue weighted by molar-refractivity contribution is 6.67. The van der Waals surface area contributed by atoms with E-state index in [2.05, 4.69) is 4.99 Å². The second-order valence-electron chi connectivity index (χ2n) is 3.14. The third kappa shape index (κ3) is 2.96. The highest BCUT2D eigenvalue weighted by Crippen LogP contribution is 2.28. The van der Waals surface area contributed by atoms with Crippen molar-refractivity contribution in [2.75, 3.05) is 0 Å². The molecule has 15 heavy (non-hydrogen) atoms. The first-order valence-electron chi connectivity index (χ1n) is 4.20. The number of rotatable bonds is 1. The quantitative estimate of drug-likeness (QED) is 0.649. The summed E-state index contributed by atoms with van der Waals surface area (Å²) in [5, 5.41) is -1.35. The van der Waals surface area contributed by atoms with Crippen LogP contribution in [0.3, 0.4) is 0 Å². The van der Waals surface area contributed by atoms with Crippen LogP contribution < -0.4 is 0 Å². The Labute approximate surface area is 90.6 Å². The summed E-state index contributed by atoms with van der Waals surface area (Å²) in [5.74, 6) is 0. The first-order valence-corrected chi connectivity index (χ1v) is 4.58. The Bertz CT molecular complexity index is 376. The van der Waals surface area contributed by atoms with Crippen molar-refractivity contribution in [1.29, 1.82) is 0 Å². The fourth-order valence-electron chi connectivity index (χ4n) is 1.14. The van der Waals surface area contributed by atoms with Crippen molar-refractivity contribution < 1.29 is 13.2 Å². The van der Waals surface area contributed by atoms with Gasteiger partial charge in [0, 0.05) is 0 Å². The van der Waals surface area contributed by atoms with Gasteiger partial charge in [-0.05, 0) is 25.0 Å². The van der Waals surface area contributed by atoms with Crippen molar-refractivity contribution in [3.63, 3.8) is 0 Å². The van der Waals surface area contributed by atoms with Crippen LogP contribution in [0, 0.1) is 13.8 Å². The van der Waals surface area contributed by atoms with Crippen molar-refractivity contribution in [2.45, 2.75) is 20.0 Å². The molecule has 0 aromatic heterocycles. The maximum absolute atomic E-state index is 12.1. The van der Waals surface area contributed by atoms with Crippen molar-refractivity contribution in [3.05, 3.63) is 29.3 Å². The zero-order valence-electron chi connectivity index (χ0n) is 8.19. The molecule has 0 heterocycles. The van der Waals surface area contributed by atoms with Crippen LogP contribution in [0.2, 0.25) is 0 Å². The molecule has 0 saturated heterocycles. The van der Waals surface area contributed by atoms with Crippen LogP contribution in [0.4, 0.5) is 18.9 Å². The Morgan fingerprint density at radius 1 is 1.20 bits per heavy atom. The number of aliphatic imine (C=N–C) groups is 1. The fourth-order valence-corrected chi connectivity index (χ4v) is 1.23. The van der Waals surface area contributed by atoms with Gasteiger partial charge in [0.2, 0.25) is 5.17 Å². The number of hydrogen-bond acceptors (Lipinski definition) is 1. The molecule has 0 atom stereocenters. The molecule has 0 N–H and O–H groups in total. The van der Waals surface area contributed by atoms with E-state index in [1.807, 2.05) is 0 Å². The van der Waals surface area contributed by atoms with Gasteiger partial charge in [-0.2, -0.15) is 13.2 Å². The largest absolute Gasteiger partial charge is 0.444 e. The molecule has 1 nitrogen and oxygen atoms in total. The van der Waals surface area contributed by atoms with Gasteiger partial charge in [0.25, 0.3) is 0 Å². The molecule has 1 rings (SSSR count). The molecule has 5 heteroatoms. The highest BCUT2D eigenvalue weighted by Gasteiger charge is 2.34.